The molecule has 5 rings (SSSR count). The lowest BCUT2D eigenvalue weighted by atomic mass is 10.1. The van der Waals surface area contributed by atoms with E-state index < -0.39 is 0 Å². The number of rotatable bonds is 9. The minimum atomic E-state index is -0.207. The van der Waals surface area contributed by atoms with Gasteiger partial charge in [-0.1, -0.05) is 23.7 Å². The third-order valence-corrected chi connectivity index (χ3v) is 7.82. The molecule has 9 nitrogen and oxygen atoms in total. The Kier molecular flexibility index (Phi) is 8.33. The lowest BCUT2D eigenvalue weighted by molar-refractivity contribution is -0.123. The maximum absolute atomic E-state index is 13.4. The molecule has 2 aromatic carbocycles. The summed E-state index contributed by atoms with van der Waals surface area (Å²) in [4.78, 5) is 31.2. The topological polar surface area (TPSA) is 92.4 Å². The number of morpholine rings is 1. The van der Waals surface area contributed by atoms with Gasteiger partial charge in [-0.15, -0.1) is 11.3 Å². The molecule has 200 valence electrons. The van der Waals surface area contributed by atoms with E-state index in [0.717, 1.165) is 49.0 Å². The van der Waals surface area contributed by atoms with Crippen molar-refractivity contribution in [3.05, 3.63) is 58.4 Å². The van der Waals surface area contributed by atoms with Crippen molar-refractivity contribution in [1.82, 2.24) is 10.2 Å². The number of nitrogens with one attached hydrogen (secondary N) is 2. The van der Waals surface area contributed by atoms with E-state index in [1.165, 1.54) is 18.4 Å². The third kappa shape index (κ3) is 6.05. The van der Waals surface area contributed by atoms with Gasteiger partial charge in [-0.2, -0.15) is 0 Å². The number of nitrogens with zero attached hydrogens (tertiary/aromatic N) is 2. The van der Waals surface area contributed by atoms with Crippen molar-refractivity contribution in [2.45, 2.75) is 0 Å². The normalized spacial score (nSPS) is 15.5. The summed E-state index contributed by atoms with van der Waals surface area (Å²) in [5, 5.41) is 6.88. The molecule has 0 radical (unpaired) electrons. The predicted octanol–water partition coefficient (Wildman–Crippen LogP) is 3.93. The van der Waals surface area contributed by atoms with E-state index in [0.29, 0.717) is 40.3 Å². The van der Waals surface area contributed by atoms with Crippen molar-refractivity contribution in [2.24, 2.45) is 0 Å². The van der Waals surface area contributed by atoms with E-state index in [1.54, 1.807) is 23.1 Å². The summed E-state index contributed by atoms with van der Waals surface area (Å²) in [6.45, 7) is 4.72. The average molecular weight is 557 g/mol. The Labute approximate surface area is 230 Å². The number of hydrogen-bond acceptors (Lipinski definition) is 8. The number of carbonyl (C=O) groups excluding carboxylic acids is 2. The first-order chi connectivity index (χ1) is 18.5. The van der Waals surface area contributed by atoms with Gasteiger partial charge in [0, 0.05) is 47.8 Å². The summed E-state index contributed by atoms with van der Waals surface area (Å²) < 4.78 is 16.6. The fourth-order valence-corrected chi connectivity index (χ4v) is 5.54. The highest BCUT2D eigenvalue weighted by Crippen LogP contribution is 2.40. The van der Waals surface area contributed by atoms with Crippen molar-refractivity contribution < 1.29 is 23.8 Å². The highest BCUT2D eigenvalue weighted by Gasteiger charge is 2.29. The number of amides is 2. The van der Waals surface area contributed by atoms with Crippen LogP contribution in [-0.4, -0.2) is 76.5 Å². The van der Waals surface area contributed by atoms with Gasteiger partial charge in [0.15, 0.2) is 18.1 Å². The molecule has 0 bridgehead atoms. The molecule has 0 unspecified atom stereocenters. The molecule has 2 N–H and O–H groups in total. The molecule has 2 amide bonds. The van der Waals surface area contributed by atoms with E-state index in [1.807, 2.05) is 30.3 Å². The Morgan fingerprint density at radius 3 is 2.68 bits per heavy atom. The van der Waals surface area contributed by atoms with Crippen LogP contribution in [-0.2, 0) is 9.53 Å². The molecular formula is C27H29ClN4O5S. The van der Waals surface area contributed by atoms with Crippen molar-refractivity contribution >= 4 is 46.1 Å². The van der Waals surface area contributed by atoms with Gasteiger partial charge in [-0.05, 0) is 35.9 Å². The summed E-state index contributed by atoms with van der Waals surface area (Å²) in [5.74, 6) is 0.565. The number of ether oxygens (including phenoxy) is 3. The maximum Gasteiger partial charge on any atom is 0.271 e. The number of methoxy groups -OCH3 is 1. The molecule has 0 spiro atoms. The Hall–Kier alpha value is -3.31. The van der Waals surface area contributed by atoms with Crippen LogP contribution >= 0.6 is 22.9 Å². The van der Waals surface area contributed by atoms with Gasteiger partial charge in [0.1, 0.15) is 4.88 Å². The Balaban J connectivity index is 1.20. The number of fused-ring (bicyclic) bond motifs is 1. The molecule has 0 atom stereocenters. The molecule has 3 heterocycles. The maximum atomic E-state index is 13.4. The molecule has 11 heteroatoms. The van der Waals surface area contributed by atoms with Crippen molar-refractivity contribution in [1.29, 1.82) is 0 Å². The van der Waals surface area contributed by atoms with Crippen LogP contribution in [0.2, 0.25) is 5.02 Å². The first-order valence-corrected chi connectivity index (χ1v) is 13.5. The summed E-state index contributed by atoms with van der Waals surface area (Å²) >= 11 is 7.45. The summed E-state index contributed by atoms with van der Waals surface area (Å²) in [7, 11) is 1.53. The summed E-state index contributed by atoms with van der Waals surface area (Å²) in [6.07, 6.45) is 0. The number of thiophene rings is 1. The van der Waals surface area contributed by atoms with Crippen molar-refractivity contribution in [3.63, 3.8) is 0 Å². The SMILES string of the molecule is COc1cc(N2CNc3cc(-c4ccc(Cl)cc4)sc3C2=O)ccc1OCC(=O)NCCN1CCOCC1. The summed E-state index contributed by atoms with van der Waals surface area (Å²) in [6, 6.07) is 14.8. The fraction of sp³-hybridized carbons (Fsp3) is 0.333. The first kappa shape index (κ1) is 26.3. The molecule has 3 aromatic rings. The largest absolute Gasteiger partial charge is 0.493 e. The van der Waals surface area contributed by atoms with Gasteiger partial charge in [0.2, 0.25) is 0 Å². The first-order valence-electron chi connectivity index (χ1n) is 12.3. The second-order valence-corrected chi connectivity index (χ2v) is 10.3. The van der Waals surface area contributed by atoms with Gasteiger partial charge >= 0.3 is 0 Å². The Morgan fingerprint density at radius 1 is 1.13 bits per heavy atom. The van der Waals surface area contributed by atoms with Crippen LogP contribution in [0.1, 0.15) is 9.67 Å². The van der Waals surface area contributed by atoms with Gasteiger partial charge in [0.05, 0.1) is 32.7 Å². The Morgan fingerprint density at radius 2 is 1.92 bits per heavy atom. The van der Waals surface area contributed by atoms with Crippen LogP contribution in [0, 0.1) is 0 Å². The van der Waals surface area contributed by atoms with E-state index in [2.05, 4.69) is 15.5 Å². The smallest absolute Gasteiger partial charge is 0.271 e. The van der Waals surface area contributed by atoms with Crippen LogP contribution in [0.15, 0.2) is 48.5 Å². The highest BCUT2D eigenvalue weighted by molar-refractivity contribution is 7.18. The zero-order valence-electron chi connectivity index (χ0n) is 21.0. The zero-order valence-corrected chi connectivity index (χ0v) is 22.6. The van der Waals surface area contributed by atoms with Crippen LogP contribution in [0.5, 0.6) is 11.5 Å². The van der Waals surface area contributed by atoms with Gasteiger partial charge in [-0.3, -0.25) is 19.4 Å². The van der Waals surface area contributed by atoms with Crippen LogP contribution < -0.4 is 25.0 Å². The average Bonchev–Trinajstić information content (AvgIpc) is 3.38. The number of carbonyl (C=O) groups is 2. The number of anilines is 2. The zero-order chi connectivity index (χ0) is 26.5. The molecule has 1 fully saturated rings. The fourth-order valence-electron chi connectivity index (χ4n) is 4.32. The Bertz CT molecular complexity index is 1290. The van der Waals surface area contributed by atoms with E-state index >= 15 is 0 Å². The van der Waals surface area contributed by atoms with Gasteiger partial charge < -0.3 is 24.8 Å². The molecule has 38 heavy (non-hydrogen) atoms. The number of benzene rings is 2. The van der Waals surface area contributed by atoms with Gasteiger partial charge in [0.25, 0.3) is 11.8 Å². The number of halogens is 1. The second-order valence-electron chi connectivity index (χ2n) is 8.86. The minimum absolute atomic E-state index is 0.0978. The standard InChI is InChI=1S/C27H29ClN4O5S/c1-35-23-14-20(6-7-22(23)37-16-25(33)29-8-9-31-10-12-36-13-11-31)32-17-30-21-15-24(38-26(21)27(32)34)18-2-4-19(28)5-3-18/h2-7,14-15,30H,8-13,16-17H2,1H3,(H,29,33). The van der Waals surface area contributed by atoms with Crippen LogP contribution in [0.4, 0.5) is 11.4 Å². The van der Waals surface area contributed by atoms with E-state index in [9.17, 15) is 9.59 Å². The molecular weight excluding hydrogens is 528 g/mol. The van der Waals surface area contributed by atoms with Gasteiger partial charge in [-0.25, -0.2) is 0 Å². The molecule has 1 saturated heterocycles. The lowest BCUT2D eigenvalue weighted by Crippen LogP contribution is -2.42. The van der Waals surface area contributed by atoms with E-state index in [-0.39, 0.29) is 18.4 Å². The lowest BCUT2D eigenvalue weighted by Gasteiger charge is -2.28. The molecule has 0 aliphatic carbocycles. The quantitative estimate of drug-likeness (QED) is 0.412. The van der Waals surface area contributed by atoms with E-state index in [4.69, 9.17) is 25.8 Å². The molecule has 2 aliphatic heterocycles. The predicted molar refractivity (Wildman–Crippen MR) is 149 cm³/mol. The van der Waals surface area contributed by atoms with Crippen LogP contribution in [0.25, 0.3) is 10.4 Å². The third-order valence-electron chi connectivity index (χ3n) is 6.40. The molecule has 0 saturated carbocycles. The van der Waals surface area contributed by atoms with Crippen molar-refractivity contribution in [2.75, 3.05) is 70.0 Å². The highest BCUT2D eigenvalue weighted by atomic mass is 35.5. The minimum Gasteiger partial charge on any atom is -0.493 e. The number of hydrogen-bond donors (Lipinski definition) is 2. The molecule has 1 aromatic heterocycles. The second kappa shape index (κ2) is 12.0. The monoisotopic (exact) mass is 556 g/mol. The molecule has 2 aliphatic rings. The van der Waals surface area contributed by atoms with Crippen LogP contribution in [0.3, 0.4) is 0 Å². The van der Waals surface area contributed by atoms with Crippen molar-refractivity contribution in [3.8, 4) is 21.9 Å². The summed E-state index contributed by atoms with van der Waals surface area (Å²) in [5.41, 5.74) is 2.48.